The van der Waals surface area contributed by atoms with E-state index in [1.807, 2.05) is 20.8 Å². The smallest absolute Gasteiger partial charge is 0.341 e. The predicted molar refractivity (Wildman–Crippen MR) is 75.1 cm³/mol. The quantitative estimate of drug-likeness (QED) is 0.879. The molecule has 0 unspecified atom stereocenters. The molecule has 0 saturated heterocycles. The molecule has 106 valence electrons. The van der Waals surface area contributed by atoms with Crippen LogP contribution in [0.1, 0.15) is 31.1 Å². The Bertz CT molecular complexity index is 775. The molecule has 0 saturated carbocycles. The number of hydrogen-bond donors (Lipinski definition) is 1. The van der Waals surface area contributed by atoms with Crippen molar-refractivity contribution in [1.29, 1.82) is 0 Å². The number of carbonyl (C=O) groups is 1. The van der Waals surface area contributed by atoms with Crippen molar-refractivity contribution in [3.63, 3.8) is 0 Å². The summed E-state index contributed by atoms with van der Waals surface area (Å²) in [5.41, 5.74) is -1.34. The number of pyridine rings is 1. The van der Waals surface area contributed by atoms with Gasteiger partial charge in [-0.1, -0.05) is 11.6 Å². The summed E-state index contributed by atoms with van der Waals surface area (Å²) in [4.78, 5) is 23.3. The van der Waals surface area contributed by atoms with E-state index in [0.717, 1.165) is 12.1 Å². The molecular formula is C14H13ClFNO3. The van der Waals surface area contributed by atoms with E-state index < -0.39 is 28.3 Å². The third kappa shape index (κ3) is 2.29. The molecule has 1 heterocycles. The van der Waals surface area contributed by atoms with Crippen LogP contribution in [0, 0.1) is 5.82 Å². The highest BCUT2D eigenvalue weighted by atomic mass is 35.5. The minimum absolute atomic E-state index is 0.0372. The first kappa shape index (κ1) is 14.5. The van der Waals surface area contributed by atoms with Crippen LogP contribution in [-0.4, -0.2) is 15.6 Å². The molecule has 0 atom stereocenters. The van der Waals surface area contributed by atoms with Gasteiger partial charge in [-0.2, -0.15) is 0 Å². The van der Waals surface area contributed by atoms with Gasteiger partial charge >= 0.3 is 5.97 Å². The highest BCUT2D eigenvalue weighted by Crippen LogP contribution is 2.28. The van der Waals surface area contributed by atoms with Crippen LogP contribution in [0.4, 0.5) is 4.39 Å². The summed E-state index contributed by atoms with van der Waals surface area (Å²) in [5, 5.41) is 9.15. The molecule has 0 aliphatic carbocycles. The van der Waals surface area contributed by atoms with E-state index in [0.29, 0.717) is 5.52 Å². The number of aromatic carboxylic acids is 1. The fourth-order valence-electron chi connectivity index (χ4n) is 2.06. The lowest BCUT2D eigenvalue weighted by Gasteiger charge is -2.26. The summed E-state index contributed by atoms with van der Waals surface area (Å²) < 4.78 is 15.0. The lowest BCUT2D eigenvalue weighted by Crippen LogP contribution is -2.28. The molecule has 2 aromatic rings. The summed E-state index contributed by atoms with van der Waals surface area (Å²) in [7, 11) is 0. The monoisotopic (exact) mass is 297 g/mol. The van der Waals surface area contributed by atoms with Crippen molar-refractivity contribution in [3.8, 4) is 0 Å². The van der Waals surface area contributed by atoms with Crippen LogP contribution in [0.5, 0.6) is 0 Å². The zero-order valence-corrected chi connectivity index (χ0v) is 12.0. The van der Waals surface area contributed by atoms with Crippen LogP contribution in [0.25, 0.3) is 10.9 Å². The van der Waals surface area contributed by atoms with Crippen molar-refractivity contribution in [2.45, 2.75) is 26.3 Å². The Labute approximate surface area is 119 Å². The second-order valence-electron chi connectivity index (χ2n) is 5.50. The van der Waals surface area contributed by atoms with Crippen molar-refractivity contribution in [3.05, 3.63) is 45.0 Å². The third-order valence-electron chi connectivity index (χ3n) is 2.97. The molecule has 0 aliphatic rings. The van der Waals surface area contributed by atoms with Crippen LogP contribution in [0.3, 0.4) is 0 Å². The van der Waals surface area contributed by atoms with Gasteiger partial charge in [0, 0.05) is 11.7 Å². The number of rotatable bonds is 1. The van der Waals surface area contributed by atoms with Crippen molar-refractivity contribution in [2.24, 2.45) is 0 Å². The van der Waals surface area contributed by atoms with Gasteiger partial charge in [-0.3, -0.25) is 4.79 Å². The molecule has 1 N–H and O–H groups in total. The number of benzene rings is 1. The number of nitrogens with zero attached hydrogens (tertiary/aromatic N) is 1. The van der Waals surface area contributed by atoms with E-state index in [2.05, 4.69) is 0 Å². The minimum Gasteiger partial charge on any atom is -0.477 e. The summed E-state index contributed by atoms with van der Waals surface area (Å²) >= 11 is 6.03. The van der Waals surface area contributed by atoms with Gasteiger partial charge in [0.15, 0.2) is 0 Å². The Morgan fingerprint density at radius 3 is 2.45 bits per heavy atom. The molecule has 1 aromatic heterocycles. The van der Waals surface area contributed by atoms with E-state index in [4.69, 9.17) is 16.7 Å². The second kappa shape index (κ2) is 4.59. The number of halogens is 2. The van der Waals surface area contributed by atoms with Crippen LogP contribution in [0.15, 0.2) is 23.1 Å². The largest absolute Gasteiger partial charge is 0.477 e. The maximum Gasteiger partial charge on any atom is 0.341 e. The third-order valence-corrected chi connectivity index (χ3v) is 3.26. The van der Waals surface area contributed by atoms with Crippen molar-refractivity contribution >= 4 is 28.5 Å². The second-order valence-corrected chi connectivity index (χ2v) is 5.91. The number of carboxylic acids is 1. The number of aromatic nitrogens is 1. The van der Waals surface area contributed by atoms with Crippen LogP contribution < -0.4 is 5.43 Å². The molecule has 0 fully saturated rings. The van der Waals surface area contributed by atoms with Gasteiger partial charge in [0.05, 0.1) is 15.9 Å². The fraction of sp³-hybridized carbons (Fsp3) is 0.286. The number of hydrogen-bond acceptors (Lipinski definition) is 2. The average molecular weight is 298 g/mol. The lowest BCUT2D eigenvalue weighted by molar-refractivity contribution is 0.0694. The zero-order chi connectivity index (χ0) is 15.2. The average Bonchev–Trinajstić information content (AvgIpc) is 2.28. The highest BCUT2D eigenvalue weighted by molar-refractivity contribution is 6.35. The van der Waals surface area contributed by atoms with E-state index >= 15 is 0 Å². The van der Waals surface area contributed by atoms with E-state index in [-0.39, 0.29) is 10.4 Å². The first-order valence-corrected chi connectivity index (χ1v) is 6.29. The molecule has 0 aliphatic heterocycles. The maximum absolute atomic E-state index is 13.5. The molecule has 6 heteroatoms. The van der Waals surface area contributed by atoms with Crippen LogP contribution >= 0.6 is 11.6 Å². The first-order valence-electron chi connectivity index (χ1n) is 5.91. The van der Waals surface area contributed by atoms with Crippen LogP contribution in [-0.2, 0) is 5.54 Å². The molecule has 1 aromatic carbocycles. The van der Waals surface area contributed by atoms with Crippen LogP contribution in [0.2, 0.25) is 5.02 Å². The van der Waals surface area contributed by atoms with Gasteiger partial charge in [0.25, 0.3) is 0 Å². The fourth-order valence-corrected chi connectivity index (χ4v) is 2.36. The summed E-state index contributed by atoms with van der Waals surface area (Å²) in [6, 6.07) is 2.12. The lowest BCUT2D eigenvalue weighted by atomic mass is 10.0. The maximum atomic E-state index is 13.5. The summed E-state index contributed by atoms with van der Waals surface area (Å²) in [6.07, 6.45) is 1.25. The Balaban J connectivity index is 3.10. The topological polar surface area (TPSA) is 59.3 Å². The molecule has 0 amide bonds. The van der Waals surface area contributed by atoms with Crippen molar-refractivity contribution in [2.75, 3.05) is 0 Å². The van der Waals surface area contributed by atoms with Crippen molar-refractivity contribution in [1.82, 2.24) is 4.57 Å². The summed E-state index contributed by atoms with van der Waals surface area (Å²) in [6.45, 7) is 5.51. The van der Waals surface area contributed by atoms with E-state index in [1.54, 1.807) is 4.57 Å². The predicted octanol–water partition coefficient (Wildman–Crippen LogP) is 3.25. The van der Waals surface area contributed by atoms with Gasteiger partial charge < -0.3 is 9.67 Å². The molecule has 4 nitrogen and oxygen atoms in total. The first-order chi connectivity index (χ1) is 9.12. The highest BCUT2D eigenvalue weighted by Gasteiger charge is 2.22. The molecule has 20 heavy (non-hydrogen) atoms. The summed E-state index contributed by atoms with van der Waals surface area (Å²) in [5.74, 6) is -2.03. The zero-order valence-electron chi connectivity index (χ0n) is 11.2. The minimum atomic E-state index is -1.35. The van der Waals surface area contributed by atoms with Gasteiger partial charge in [-0.25, -0.2) is 9.18 Å². The van der Waals surface area contributed by atoms with Gasteiger partial charge in [0.1, 0.15) is 11.4 Å². The van der Waals surface area contributed by atoms with Gasteiger partial charge in [0.2, 0.25) is 5.43 Å². The molecule has 2 rings (SSSR count). The molecule has 0 spiro atoms. The standard InChI is InChI=1S/C14H13ClFNO3/c1-14(2,3)17-6-9(13(19)20)12(18)8-4-7(16)5-10(15)11(8)17/h4-6H,1-3H3,(H,19,20). The van der Waals surface area contributed by atoms with Gasteiger partial charge in [-0.15, -0.1) is 0 Å². The molecule has 0 radical (unpaired) electrons. The number of fused-ring (bicyclic) bond motifs is 1. The van der Waals surface area contributed by atoms with E-state index in [1.165, 1.54) is 6.20 Å². The van der Waals surface area contributed by atoms with E-state index in [9.17, 15) is 14.0 Å². The molecule has 0 bridgehead atoms. The number of carboxylic acid groups (broad SMARTS) is 1. The van der Waals surface area contributed by atoms with Crippen molar-refractivity contribution < 1.29 is 14.3 Å². The Kier molecular flexibility index (Phi) is 3.34. The van der Waals surface area contributed by atoms with Gasteiger partial charge in [-0.05, 0) is 32.9 Å². The Hall–Kier alpha value is -1.88. The molecular weight excluding hydrogens is 285 g/mol. The Morgan fingerprint density at radius 1 is 1.35 bits per heavy atom. The normalized spacial score (nSPS) is 11.8. The SMILES string of the molecule is CC(C)(C)n1cc(C(=O)O)c(=O)c2cc(F)cc(Cl)c21. The Morgan fingerprint density at radius 2 is 1.95 bits per heavy atom.